The molecular weight excluding hydrogens is 268 g/mol. The normalized spacial score (nSPS) is 10.5. The number of pyridine rings is 1. The maximum atomic E-state index is 11.8. The summed E-state index contributed by atoms with van der Waals surface area (Å²) < 4.78 is 3.52. The lowest BCUT2D eigenvalue weighted by Crippen LogP contribution is -2.15. The molecule has 1 N–H and O–H groups in total. The van der Waals surface area contributed by atoms with Gasteiger partial charge in [0.2, 0.25) is 5.91 Å². The fourth-order valence-electron chi connectivity index (χ4n) is 1.88. The van der Waals surface area contributed by atoms with Gasteiger partial charge >= 0.3 is 0 Å². The van der Waals surface area contributed by atoms with Crippen molar-refractivity contribution in [2.75, 3.05) is 5.32 Å². The van der Waals surface area contributed by atoms with Crippen LogP contribution in [0.3, 0.4) is 0 Å². The topological polar surface area (TPSA) is 77.6 Å². The van der Waals surface area contributed by atoms with Crippen LogP contribution in [-0.4, -0.2) is 30.2 Å². The zero-order chi connectivity index (χ0) is 14.5. The summed E-state index contributed by atoms with van der Waals surface area (Å²) in [6, 6.07) is 5.47. The van der Waals surface area contributed by atoms with Gasteiger partial charge < -0.3 is 5.32 Å². The molecule has 3 heterocycles. The Hall–Kier alpha value is -2.96. The smallest absolute Gasteiger partial charge is 0.226 e. The third-order valence-corrected chi connectivity index (χ3v) is 2.93. The Morgan fingerprint density at radius 1 is 1.24 bits per heavy atom. The first-order valence-corrected chi connectivity index (χ1v) is 6.53. The second kappa shape index (κ2) is 6.00. The molecule has 0 aromatic carbocycles. The first-order valence-electron chi connectivity index (χ1n) is 6.53. The van der Waals surface area contributed by atoms with Crippen molar-refractivity contribution in [1.82, 2.24) is 24.3 Å². The van der Waals surface area contributed by atoms with E-state index in [0.717, 1.165) is 5.82 Å². The van der Waals surface area contributed by atoms with Crippen LogP contribution in [0, 0.1) is 0 Å². The van der Waals surface area contributed by atoms with Crippen LogP contribution in [0.15, 0.2) is 55.5 Å². The number of aryl methyl sites for hydroxylation is 1. The van der Waals surface area contributed by atoms with Gasteiger partial charge in [-0.15, -0.1) is 0 Å². The first kappa shape index (κ1) is 13.0. The van der Waals surface area contributed by atoms with Crippen LogP contribution >= 0.6 is 0 Å². The molecule has 0 saturated carbocycles. The van der Waals surface area contributed by atoms with Crippen molar-refractivity contribution in [2.24, 2.45) is 0 Å². The van der Waals surface area contributed by atoms with Crippen molar-refractivity contribution in [3.05, 3.63) is 55.5 Å². The van der Waals surface area contributed by atoms with Crippen molar-refractivity contribution in [1.29, 1.82) is 0 Å². The number of hydrogen-bond acceptors (Lipinski definition) is 4. The Bertz CT molecular complexity index is 688. The first-order chi connectivity index (χ1) is 10.3. The van der Waals surface area contributed by atoms with E-state index in [2.05, 4.69) is 20.4 Å². The zero-order valence-corrected chi connectivity index (χ0v) is 11.3. The van der Waals surface area contributed by atoms with Gasteiger partial charge in [0.25, 0.3) is 0 Å². The Labute approximate surface area is 121 Å². The number of imidazole rings is 1. The highest BCUT2D eigenvalue weighted by molar-refractivity contribution is 5.90. The molecule has 106 valence electrons. The van der Waals surface area contributed by atoms with Gasteiger partial charge in [-0.25, -0.2) is 9.97 Å². The number of hydrogen-bond donors (Lipinski definition) is 1. The number of nitrogens with one attached hydrogen (secondary N) is 1. The molecule has 21 heavy (non-hydrogen) atoms. The summed E-state index contributed by atoms with van der Waals surface area (Å²) in [5.74, 6) is 0.685. The number of carbonyl (C=O) groups is 1. The van der Waals surface area contributed by atoms with E-state index in [1.807, 2.05) is 30.6 Å². The molecule has 0 aliphatic carbocycles. The Morgan fingerprint density at radius 2 is 2.19 bits per heavy atom. The van der Waals surface area contributed by atoms with Crippen LogP contribution in [0.25, 0.3) is 5.82 Å². The monoisotopic (exact) mass is 282 g/mol. The van der Waals surface area contributed by atoms with Crippen LogP contribution in [-0.2, 0) is 11.3 Å². The minimum absolute atomic E-state index is 0.0670. The van der Waals surface area contributed by atoms with Crippen LogP contribution in [0.5, 0.6) is 0 Å². The van der Waals surface area contributed by atoms with E-state index in [1.54, 1.807) is 34.2 Å². The molecule has 7 heteroatoms. The maximum absolute atomic E-state index is 11.8. The van der Waals surface area contributed by atoms with Gasteiger partial charge in [-0.3, -0.25) is 14.0 Å². The average molecular weight is 282 g/mol. The van der Waals surface area contributed by atoms with E-state index in [-0.39, 0.29) is 5.91 Å². The zero-order valence-electron chi connectivity index (χ0n) is 11.3. The van der Waals surface area contributed by atoms with Crippen molar-refractivity contribution >= 4 is 11.6 Å². The van der Waals surface area contributed by atoms with Crippen LogP contribution in [0.2, 0.25) is 0 Å². The molecule has 0 bridgehead atoms. The molecule has 0 aliphatic heterocycles. The Balaban J connectivity index is 1.56. The molecule has 1 amide bonds. The summed E-state index contributed by atoms with van der Waals surface area (Å²) >= 11 is 0. The Kier molecular flexibility index (Phi) is 3.72. The minimum atomic E-state index is -0.0670. The van der Waals surface area contributed by atoms with Crippen molar-refractivity contribution in [3.8, 4) is 5.82 Å². The highest BCUT2D eigenvalue weighted by Crippen LogP contribution is 2.09. The third kappa shape index (κ3) is 3.33. The van der Waals surface area contributed by atoms with Crippen LogP contribution < -0.4 is 5.32 Å². The molecule has 0 atom stereocenters. The molecular formula is C14H14N6O. The van der Waals surface area contributed by atoms with Crippen LogP contribution in [0.4, 0.5) is 5.69 Å². The largest absolute Gasteiger partial charge is 0.325 e. The molecule has 3 aromatic rings. The van der Waals surface area contributed by atoms with Gasteiger partial charge in [0.05, 0.1) is 11.9 Å². The summed E-state index contributed by atoms with van der Waals surface area (Å²) in [5, 5.41) is 6.86. The number of rotatable bonds is 5. The second-order valence-electron chi connectivity index (χ2n) is 4.44. The van der Waals surface area contributed by atoms with Gasteiger partial charge in [0.1, 0.15) is 12.1 Å². The average Bonchev–Trinajstić information content (AvgIpc) is 3.19. The minimum Gasteiger partial charge on any atom is -0.325 e. The predicted octanol–water partition coefficient (Wildman–Crippen LogP) is 1.49. The maximum Gasteiger partial charge on any atom is 0.226 e. The molecule has 0 fully saturated rings. The van der Waals surface area contributed by atoms with Crippen LogP contribution in [0.1, 0.15) is 6.42 Å². The second-order valence-corrected chi connectivity index (χ2v) is 4.44. The van der Waals surface area contributed by atoms with E-state index >= 15 is 0 Å². The van der Waals surface area contributed by atoms with E-state index < -0.39 is 0 Å². The van der Waals surface area contributed by atoms with Crippen molar-refractivity contribution in [3.63, 3.8) is 0 Å². The number of aromatic nitrogens is 5. The quantitative estimate of drug-likeness (QED) is 0.769. The van der Waals surface area contributed by atoms with Gasteiger partial charge in [-0.1, -0.05) is 0 Å². The molecule has 0 aliphatic rings. The summed E-state index contributed by atoms with van der Waals surface area (Å²) in [6.07, 6.45) is 10.7. The summed E-state index contributed by atoms with van der Waals surface area (Å²) in [4.78, 5) is 20.1. The SMILES string of the molecule is O=C(CCn1cccn1)Nc1ccc(-n2ccnc2)nc1. The number of anilines is 1. The number of amides is 1. The molecule has 0 radical (unpaired) electrons. The van der Waals surface area contributed by atoms with E-state index in [9.17, 15) is 4.79 Å². The van der Waals surface area contributed by atoms with E-state index in [1.165, 1.54) is 0 Å². The molecule has 7 nitrogen and oxygen atoms in total. The number of carbonyl (C=O) groups excluding carboxylic acids is 1. The molecule has 3 rings (SSSR count). The van der Waals surface area contributed by atoms with Gasteiger partial charge in [-0.05, 0) is 18.2 Å². The molecule has 0 saturated heterocycles. The highest BCUT2D eigenvalue weighted by atomic mass is 16.1. The van der Waals surface area contributed by atoms with Gasteiger partial charge in [-0.2, -0.15) is 5.10 Å². The Morgan fingerprint density at radius 3 is 2.86 bits per heavy atom. The predicted molar refractivity (Wildman–Crippen MR) is 76.8 cm³/mol. The van der Waals surface area contributed by atoms with E-state index in [4.69, 9.17) is 0 Å². The fraction of sp³-hybridized carbons (Fsp3) is 0.143. The van der Waals surface area contributed by atoms with Gasteiger partial charge in [0, 0.05) is 37.8 Å². The van der Waals surface area contributed by atoms with E-state index in [0.29, 0.717) is 18.7 Å². The summed E-state index contributed by atoms with van der Waals surface area (Å²) in [5.41, 5.74) is 0.671. The molecule has 3 aromatic heterocycles. The highest BCUT2D eigenvalue weighted by Gasteiger charge is 2.04. The molecule has 0 unspecified atom stereocenters. The van der Waals surface area contributed by atoms with Crippen molar-refractivity contribution < 1.29 is 4.79 Å². The lowest BCUT2D eigenvalue weighted by Gasteiger charge is -2.06. The lowest BCUT2D eigenvalue weighted by molar-refractivity contribution is -0.116. The summed E-state index contributed by atoms with van der Waals surface area (Å²) in [6.45, 7) is 0.555. The summed E-state index contributed by atoms with van der Waals surface area (Å²) in [7, 11) is 0. The third-order valence-electron chi connectivity index (χ3n) is 2.93. The lowest BCUT2D eigenvalue weighted by atomic mass is 10.3. The standard InChI is InChI=1S/C14H14N6O/c21-14(4-8-20-7-1-5-17-20)18-12-2-3-13(16-10-12)19-9-6-15-11-19/h1-3,5-7,9-11H,4,8H2,(H,18,21). The fourth-order valence-corrected chi connectivity index (χ4v) is 1.88. The van der Waals surface area contributed by atoms with Gasteiger partial charge in [0.15, 0.2) is 0 Å². The number of nitrogens with zero attached hydrogens (tertiary/aromatic N) is 5. The molecule has 0 spiro atoms. The van der Waals surface area contributed by atoms with Crippen molar-refractivity contribution in [2.45, 2.75) is 13.0 Å².